The average Bonchev–Trinajstić information content (AvgIpc) is 2.99. The molecule has 1 aromatic heterocycles. The quantitative estimate of drug-likeness (QED) is 0.890. The van der Waals surface area contributed by atoms with Crippen molar-refractivity contribution in [3.63, 3.8) is 0 Å². The minimum atomic E-state index is 0.214. The number of nitrogens with zero attached hydrogens (tertiary/aromatic N) is 2. The van der Waals surface area contributed by atoms with E-state index in [1.165, 1.54) is 15.1 Å². The summed E-state index contributed by atoms with van der Waals surface area (Å²) in [6, 6.07) is 5.60. The molecule has 3 unspecified atom stereocenters. The maximum absolute atomic E-state index is 6.40. The van der Waals surface area contributed by atoms with E-state index in [0.29, 0.717) is 12.1 Å². The standard InChI is InChI=1S/C14H24BrN3S/c1-4-11(16)14(12-5-6-13(15)19-12)18-8-7-10(9-18)17(2)3/h5-6,10-11,14H,4,7-9,16H2,1-3H3. The smallest absolute Gasteiger partial charge is 0.0702 e. The Morgan fingerprint density at radius 1 is 1.53 bits per heavy atom. The van der Waals surface area contributed by atoms with E-state index in [-0.39, 0.29) is 6.04 Å². The molecule has 0 spiro atoms. The Morgan fingerprint density at radius 3 is 2.74 bits per heavy atom. The van der Waals surface area contributed by atoms with Gasteiger partial charge in [0.25, 0.3) is 0 Å². The Hall–Kier alpha value is 0.0600. The largest absolute Gasteiger partial charge is 0.326 e. The van der Waals surface area contributed by atoms with Crippen LogP contribution >= 0.6 is 27.3 Å². The van der Waals surface area contributed by atoms with Gasteiger partial charge in [0.15, 0.2) is 0 Å². The lowest BCUT2D eigenvalue weighted by Crippen LogP contribution is -2.41. The molecule has 3 atom stereocenters. The molecule has 0 radical (unpaired) electrons. The Morgan fingerprint density at radius 2 is 2.26 bits per heavy atom. The van der Waals surface area contributed by atoms with Gasteiger partial charge in [0.2, 0.25) is 0 Å². The van der Waals surface area contributed by atoms with Gasteiger partial charge in [-0.2, -0.15) is 0 Å². The van der Waals surface area contributed by atoms with E-state index in [9.17, 15) is 0 Å². The summed E-state index contributed by atoms with van der Waals surface area (Å²) in [7, 11) is 4.34. The number of nitrogens with two attached hydrogens (primary N) is 1. The summed E-state index contributed by atoms with van der Waals surface area (Å²) in [6.45, 7) is 4.46. The molecule has 0 saturated carbocycles. The number of rotatable bonds is 5. The predicted molar refractivity (Wildman–Crippen MR) is 86.7 cm³/mol. The molecule has 3 nitrogen and oxygen atoms in total. The first kappa shape index (κ1) is 15.4. The van der Waals surface area contributed by atoms with Crippen molar-refractivity contribution in [1.29, 1.82) is 0 Å². The predicted octanol–water partition coefficient (Wildman–Crippen LogP) is 2.92. The molecule has 2 heterocycles. The van der Waals surface area contributed by atoms with E-state index in [2.05, 4.69) is 58.9 Å². The zero-order valence-corrected chi connectivity index (χ0v) is 14.4. The number of likely N-dealkylation sites (tertiary alicyclic amines) is 1. The van der Waals surface area contributed by atoms with E-state index in [4.69, 9.17) is 5.73 Å². The SMILES string of the molecule is CCC(N)C(c1ccc(Br)s1)N1CCC(N(C)C)C1. The molecular weight excluding hydrogens is 322 g/mol. The van der Waals surface area contributed by atoms with Crippen LogP contribution in [0.25, 0.3) is 0 Å². The fraction of sp³-hybridized carbons (Fsp3) is 0.714. The van der Waals surface area contributed by atoms with Gasteiger partial charge in [0.05, 0.1) is 9.83 Å². The summed E-state index contributed by atoms with van der Waals surface area (Å²) in [4.78, 5) is 6.29. The highest BCUT2D eigenvalue weighted by molar-refractivity contribution is 9.11. The van der Waals surface area contributed by atoms with Crippen molar-refractivity contribution < 1.29 is 0 Å². The highest BCUT2D eigenvalue weighted by Gasteiger charge is 2.33. The third-order valence-corrected chi connectivity index (χ3v) is 5.78. The zero-order chi connectivity index (χ0) is 14.0. The Balaban J connectivity index is 2.15. The van der Waals surface area contributed by atoms with Gasteiger partial charge in [-0.3, -0.25) is 4.90 Å². The van der Waals surface area contributed by atoms with Crippen LogP contribution in [0.5, 0.6) is 0 Å². The maximum atomic E-state index is 6.40. The van der Waals surface area contributed by atoms with Crippen LogP contribution < -0.4 is 5.73 Å². The van der Waals surface area contributed by atoms with Crippen molar-refractivity contribution in [1.82, 2.24) is 9.80 Å². The molecule has 1 saturated heterocycles. The molecule has 2 N–H and O–H groups in total. The Bertz CT molecular complexity index is 407. The van der Waals surface area contributed by atoms with E-state index < -0.39 is 0 Å². The number of hydrogen-bond donors (Lipinski definition) is 1. The molecule has 0 aliphatic carbocycles. The second-order valence-corrected chi connectivity index (χ2v) is 8.05. The van der Waals surface area contributed by atoms with Gasteiger partial charge in [0, 0.05) is 30.1 Å². The van der Waals surface area contributed by atoms with Crippen molar-refractivity contribution in [3.8, 4) is 0 Å². The molecule has 5 heteroatoms. The van der Waals surface area contributed by atoms with Crippen LogP contribution in [-0.4, -0.2) is 49.1 Å². The Labute approximate surface area is 128 Å². The number of hydrogen-bond acceptors (Lipinski definition) is 4. The minimum Gasteiger partial charge on any atom is -0.326 e. The Kier molecular flexibility index (Phi) is 5.43. The molecule has 0 aromatic carbocycles. The molecule has 108 valence electrons. The van der Waals surface area contributed by atoms with Gasteiger partial charge in [0.1, 0.15) is 0 Å². The van der Waals surface area contributed by atoms with Crippen LogP contribution in [0.4, 0.5) is 0 Å². The summed E-state index contributed by atoms with van der Waals surface area (Å²) >= 11 is 5.38. The molecule has 1 aliphatic rings. The first-order valence-electron chi connectivity index (χ1n) is 6.94. The third-order valence-electron chi connectivity index (χ3n) is 4.08. The molecule has 0 amide bonds. The molecule has 1 aromatic rings. The number of thiophene rings is 1. The highest BCUT2D eigenvalue weighted by atomic mass is 79.9. The van der Waals surface area contributed by atoms with Crippen LogP contribution in [0.2, 0.25) is 0 Å². The summed E-state index contributed by atoms with van der Waals surface area (Å²) < 4.78 is 1.19. The molecule has 1 aliphatic heterocycles. The lowest BCUT2D eigenvalue weighted by atomic mass is 10.0. The summed E-state index contributed by atoms with van der Waals surface area (Å²) in [5, 5.41) is 0. The fourth-order valence-corrected chi connectivity index (χ4v) is 4.45. The van der Waals surface area contributed by atoms with Crippen molar-refractivity contribution in [3.05, 3.63) is 20.8 Å². The van der Waals surface area contributed by atoms with E-state index in [1.807, 2.05) is 11.3 Å². The van der Waals surface area contributed by atoms with Gasteiger partial charge >= 0.3 is 0 Å². The number of likely N-dealkylation sites (N-methyl/N-ethyl adjacent to an activating group) is 1. The van der Waals surface area contributed by atoms with Gasteiger partial charge in [-0.25, -0.2) is 0 Å². The lowest BCUT2D eigenvalue weighted by Gasteiger charge is -2.32. The maximum Gasteiger partial charge on any atom is 0.0702 e. The highest BCUT2D eigenvalue weighted by Crippen LogP contribution is 2.35. The van der Waals surface area contributed by atoms with E-state index in [0.717, 1.165) is 19.5 Å². The normalized spacial score (nSPS) is 24.0. The molecule has 0 bridgehead atoms. The molecule has 1 fully saturated rings. The van der Waals surface area contributed by atoms with Gasteiger partial charge < -0.3 is 10.6 Å². The zero-order valence-electron chi connectivity index (χ0n) is 12.0. The molecular formula is C14H24BrN3S. The lowest BCUT2D eigenvalue weighted by molar-refractivity contribution is 0.192. The van der Waals surface area contributed by atoms with Gasteiger partial charge in [-0.1, -0.05) is 6.92 Å². The van der Waals surface area contributed by atoms with E-state index >= 15 is 0 Å². The van der Waals surface area contributed by atoms with Crippen molar-refractivity contribution in [2.24, 2.45) is 5.73 Å². The summed E-state index contributed by atoms with van der Waals surface area (Å²) in [6.07, 6.45) is 2.26. The van der Waals surface area contributed by atoms with Crippen LogP contribution in [0, 0.1) is 0 Å². The van der Waals surface area contributed by atoms with Gasteiger partial charge in [-0.05, 0) is 55.0 Å². The van der Waals surface area contributed by atoms with E-state index in [1.54, 1.807) is 0 Å². The second kappa shape index (κ2) is 6.68. The molecule has 2 rings (SSSR count). The second-order valence-electron chi connectivity index (χ2n) is 5.56. The first-order valence-corrected chi connectivity index (χ1v) is 8.55. The van der Waals surface area contributed by atoms with Crippen molar-refractivity contribution in [2.75, 3.05) is 27.2 Å². The van der Waals surface area contributed by atoms with Gasteiger partial charge in [-0.15, -0.1) is 11.3 Å². The first-order chi connectivity index (χ1) is 9.02. The van der Waals surface area contributed by atoms with Crippen LogP contribution in [0.3, 0.4) is 0 Å². The third kappa shape index (κ3) is 3.58. The summed E-state index contributed by atoms with van der Waals surface area (Å²) in [5.74, 6) is 0. The monoisotopic (exact) mass is 345 g/mol. The van der Waals surface area contributed by atoms with Crippen molar-refractivity contribution in [2.45, 2.75) is 37.9 Å². The topological polar surface area (TPSA) is 32.5 Å². The average molecular weight is 346 g/mol. The van der Waals surface area contributed by atoms with Crippen LogP contribution in [-0.2, 0) is 0 Å². The minimum absolute atomic E-state index is 0.214. The number of halogens is 1. The molecule has 19 heavy (non-hydrogen) atoms. The fourth-order valence-electron chi connectivity index (χ4n) is 2.81. The van der Waals surface area contributed by atoms with Crippen molar-refractivity contribution >= 4 is 27.3 Å². The van der Waals surface area contributed by atoms with Crippen LogP contribution in [0.1, 0.15) is 30.7 Å². The van der Waals surface area contributed by atoms with Crippen LogP contribution in [0.15, 0.2) is 15.9 Å². The summed E-state index contributed by atoms with van der Waals surface area (Å²) in [5.41, 5.74) is 6.40.